The van der Waals surface area contributed by atoms with Gasteiger partial charge < -0.3 is 10.3 Å². The number of rotatable bonds is 3. The third kappa shape index (κ3) is 3.05. The third-order valence-electron chi connectivity index (χ3n) is 4.01. The number of halogens is 3. The molecule has 2 heterocycles. The van der Waals surface area contributed by atoms with E-state index in [0.29, 0.717) is 27.5 Å². The monoisotopic (exact) mass is 402 g/mol. The molecule has 1 saturated carbocycles. The lowest BCUT2D eigenvalue weighted by molar-refractivity contribution is 0.229. The van der Waals surface area contributed by atoms with E-state index in [4.69, 9.17) is 33.5 Å². The zero-order chi connectivity index (χ0) is 16.0. The SMILES string of the molecule is Cl.NC1(c2noc(-c3csc(-c4ccc(Cl)c(Cl)c4)n3)n2)CCC1. The number of hydrogen-bond donors (Lipinski definition) is 1. The quantitative estimate of drug-likeness (QED) is 0.671. The van der Waals surface area contributed by atoms with Gasteiger partial charge in [0.05, 0.1) is 15.6 Å². The summed E-state index contributed by atoms with van der Waals surface area (Å²) in [6.45, 7) is 0. The van der Waals surface area contributed by atoms with Gasteiger partial charge in [-0.15, -0.1) is 23.7 Å². The van der Waals surface area contributed by atoms with Crippen molar-refractivity contribution in [2.24, 2.45) is 5.73 Å². The van der Waals surface area contributed by atoms with Gasteiger partial charge in [0.15, 0.2) is 5.82 Å². The van der Waals surface area contributed by atoms with Gasteiger partial charge in [-0.25, -0.2) is 4.98 Å². The van der Waals surface area contributed by atoms with Crippen molar-refractivity contribution in [3.05, 3.63) is 39.4 Å². The van der Waals surface area contributed by atoms with Gasteiger partial charge in [0.2, 0.25) is 0 Å². The van der Waals surface area contributed by atoms with Crippen LogP contribution in [-0.2, 0) is 5.54 Å². The second kappa shape index (κ2) is 6.61. The van der Waals surface area contributed by atoms with E-state index in [-0.39, 0.29) is 12.4 Å². The lowest BCUT2D eigenvalue weighted by Gasteiger charge is -2.34. The highest BCUT2D eigenvalue weighted by Gasteiger charge is 2.39. The summed E-state index contributed by atoms with van der Waals surface area (Å²) in [6, 6.07) is 5.41. The highest BCUT2D eigenvalue weighted by molar-refractivity contribution is 7.13. The summed E-state index contributed by atoms with van der Waals surface area (Å²) in [5, 5.41) is 7.71. The predicted molar refractivity (Wildman–Crippen MR) is 97.8 cm³/mol. The van der Waals surface area contributed by atoms with Crippen molar-refractivity contribution in [3.63, 3.8) is 0 Å². The number of benzene rings is 1. The molecule has 0 bridgehead atoms. The van der Waals surface area contributed by atoms with Crippen LogP contribution >= 0.6 is 46.9 Å². The maximum atomic E-state index is 6.21. The summed E-state index contributed by atoms with van der Waals surface area (Å²) in [5.41, 5.74) is 7.30. The van der Waals surface area contributed by atoms with E-state index in [1.807, 2.05) is 11.4 Å². The minimum absolute atomic E-state index is 0. The largest absolute Gasteiger partial charge is 0.332 e. The van der Waals surface area contributed by atoms with Crippen LogP contribution in [0.5, 0.6) is 0 Å². The van der Waals surface area contributed by atoms with Gasteiger partial charge >= 0.3 is 0 Å². The molecule has 0 amide bonds. The Morgan fingerprint density at radius 2 is 1.96 bits per heavy atom. The fourth-order valence-corrected chi connectivity index (χ4v) is 3.53. The Hall–Kier alpha value is -1.18. The smallest absolute Gasteiger partial charge is 0.277 e. The van der Waals surface area contributed by atoms with Crippen LogP contribution in [-0.4, -0.2) is 15.1 Å². The summed E-state index contributed by atoms with van der Waals surface area (Å²) in [4.78, 5) is 8.95. The minimum Gasteiger partial charge on any atom is -0.332 e. The zero-order valence-corrected chi connectivity index (χ0v) is 15.5. The second-order valence-electron chi connectivity index (χ2n) is 5.60. The molecule has 0 aliphatic heterocycles. The average molecular weight is 404 g/mol. The van der Waals surface area contributed by atoms with Crippen LogP contribution in [0.2, 0.25) is 10.0 Å². The van der Waals surface area contributed by atoms with E-state index in [1.54, 1.807) is 12.1 Å². The van der Waals surface area contributed by atoms with Crippen LogP contribution in [0.3, 0.4) is 0 Å². The molecule has 0 radical (unpaired) electrons. The van der Waals surface area contributed by atoms with Gasteiger partial charge in [-0.05, 0) is 31.4 Å². The van der Waals surface area contributed by atoms with Gasteiger partial charge in [-0.3, -0.25) is 0 Å². The Balaban J connectivity index is 0.00000169. The highest BCUT2D eigenvalue weighted by atomic mass is 35.5. The summed E-state index contributed by atoms with van der Waals surface area (Å²) in [7, 11) is 0. The van der Waals surface area contributed by atoms with Crippen molar-refractivity contribution in [3.8, 4) is 22.2 Å². The Bertz CT molecular complexity index is 875. The van der Waals surface area contributed by atoms with Crippen LogP contribution in [0.15, 0.2) is 28.1 Å². The molecule has 126 valence electrons. The summed E-state index contributed by atoms with van der Waals surface area (Å²) < 4.78 is 5.32. The van der Waals surface area contributed by atoms with Gasteiger partial charge in [0.25, 0.3) is 5.89 Å². The van der Waals surface area contributed by atoms with Gasteiger partial charge in [-0.2, -0.15) is 4.98 Å². The van der Waals surface area contributed by atoms with Gasteiger partial charge in [0.1, 0.15) is 10.7 Å². The first-order valence-corrected chi connectivity index (χ1v) is 8.73. The van der Waals surface area contributed by atoms with Crippen LogP contribution < -0.4 is 5.73 Å². The lowest BCUT2D eigenvalue weighted by Crippen LogP contribution is -2.44. The third-order valence-corrected chi connectivity index (χ3v) is 5.64. The summed E-state index contributed by atoms with van der Waals surface area (Å²) >= 11 is 13.5. The first-order valence-electron chi connectivity index (χ1n) is 7.10. The number of thiazole rings is 1. The molecule has 0 spiro atoms. The Morgan fingerprint density at radius 1 is 1.17 bits per heavy atom. The number of aromatic nitrogens is 3. The van der Waals surface area contributed by atoms with E-state index in [2.05, 4.69) is 15.1 Å². The molecule has 3 aromatic rings. The van der Waals surface area contributed by atoms with Gasteiger partial charge in [-0.1, -0.05) is 34.4 Å². The second-order valence-corrected chi connectivity index (χ2v) is 7.27. The molecule has 0 saturated heterocycles. The van der Waals surface area contributed by atoms with Crippen molar-refractivity contribution in [2.45, 2.75) is 24.8 Å². The molecule has 0 unspecified atom stereocenters. The molecular formula is C15H13Cl3N4OS. The van der Waals surface area contributed by atoms with Crippen molar-refractivity contribution in [1.29, 1.82) is 0 Å². The number of hydrogen-bond acceptors (Lipinski definition) is 6. The summed E-state index contributed by atoms with van der Waals surface area (Å²) in [5.74, 6) is 0.946. The van der Waals surface area contributed by atoms with E-state index in [9.17, 15) is 0 Å². The van der Waals surface area contributed by atoms with Crippen LogP contribution in [0.1, 0.15) is 25.1 Å². The maximum absolute atomic E-state index is 6.21. The molecule has 2 aromatic heterocycles. The maximum Gasteiger partial charge on any atom is 0.277 e. The topological polar surface area (TPSA) is 77.8 Å². The molecule has 1 aliphatic carbocycles. The van der Waals surface area contributed by atoms with Crippen molar-refractivity contribution < 1.29 is 4.52 Å². The molecular weight excluding hydrogens is 391 g/mol. The highest BCUT2D eigenvalue weighted by Crippen LogP contribution is 2.38. The van der Waals surface area contributed by atoms with Crippen LogP contribution in [0, 0.1) is 0 Å². The van der Waals surface area contributed by atoms with Crippen molar-refractivity contribution in [1.82, 2.24) is 15.1 Å². The fraction of sp³-hybridized carbons (Fsp3) is 0.267. The molecule has 0 atom stereocenters. The molecule has 4 rings (SSSR count). The molecule has 5 nitrogen and oxygen atoms in total. The predicted octanol–water partition coefficient (Wildman–Crippen LogP) is 4.93. The van der Waals surface area contributed by atoms with Crippen molar-refractivity contribution in [2.75, 3.05) is 0 Å². The Kier molecular flexibility index (Phi) is 4.86. The summed E-state index contributed by atoms with van der Waals surface area (Å²) in [6.07, 6.45) is 2.87. The molecule has 1 fully saturated rings. The molecule has 1 aromatic carbocycles. The van der Waals surface area contributed by atoms with Crippen molar-refractivity contribution >= 4 is 46.9 Å². The normalized spacial score (nSPS) is 15.6. The first kappa shape index (κ1) is 17.6. The zero-order valence-electron chi connectivity index (χ0n) is 12.3. The van der Waals surface area contributed by atoms with Crippen LogP contribution in [0.25, 0.3) is 22.2 Å². The molecule has 1 aliphatic rings. The Labute approximate surface area is 158 Å². The van der Waals surface area contributed by atoms with Crippen LogP contribution in [0.4, 0.5) is 0 Å². The number of nitrogens with two attached hydrogens (primary N) is 1. The van der Waals surface area contributed by atoms with E-state index < -0.39 is 5.54 Å². The first-order chi connectivity index (χ1) is 11.0. The minimum atomic E-state index is -0.440. The number of nitrogens with zero attached hydrogens (tertiary/aromatic N) is 3. The van der Waals surface area contributed by atoms with E-state index in [0.717, 1.165) is 29.8 Å². The fourth-order valence-electron chi connectivity index (χ4n) is 2.44. The lowest BCUT2D eigenvalue weighted by atomic mass is 9.77. The molecule has 2 N–H and O–H groups in total. The standard InChI is InChI=1S/C15H12Cl2N4OS.ClH/c16-9-3-2-8(6-10(9)17)13-19-11(7-23-13)12-20-14(21-22-12)15(18)4-1-5-15;/h2-3,6-7H,1,4-5,18H2;1H. The average Bonchev–Trinajstić information content (AvgIpc) is 3.16. The van der Waals surface area contributed by atoms with E-state index >= 15 is 0 Å². The Morgan fingerprint density at radius 3 is 2.62 bits per heavy atom. The molecule has 9 heteroatoms. The van der Waals surface area contributed by atoms with Gasteiger partial charge in [0, 0.05) is 10.9 Å². The van der Waals surface area contributed by atoms with E-state index in [1.165, 1.54) is 11.3 Å². The molecule has 24 heavy (non-hydrogen) atoms.